The Labute approximate surface area is 133 Å². The van der Waals surface area contributed by atoms with Crippen LogP contribution in [0.25, 0.3) is 11.0 Å². The second-order valence-electron chi connectivity index (χ2n) is 4.46. The zero-order valence-electron chi connectivity index (χ0n) is 11.2. The Morgan fingerprint density at radius 3 is 2.67 bits per heavy atom. The summed E-state index contributed by atoms with van der Waals surface area (Å²) < 4.78 is 0. The predicted molar refractivity (Wildman–Crippen MR) is 90.4 cm³/mol. The van der Waals surface area contributed by atoms with Gasteiger partial charge < -0.3 is 10.7 Å². The van der Waals surface area contributed by atoms with Gasteiger partial charge in [0.2, 0.25) is 0 Å². The van der Waals surface area contributed by atoms with Crippen molar-refractivity contribution in [2.24, 2.45) is 5.73 Å². The molecule has 3 rings (SSSR count). The molecule has 1 aromatic heterocycles. The maximum Gasteiger partial charge on any atom is 0.166 e. The normalized spacial score (nSPS) is 10.3. The average molecular weight is 319 g/mol. The number of H-pyrrole nitrogens is 1. The molecular weight excluding hydrogens is 304 g/mol. The van der Waals surface area contributed by atoms with Crippen LogP contribution in [0, 0.1) is 5.41 Å². The highest BCUT2D eigenvalue weighted by Gasteiger charge is 2.05. The van der Waals surface area contributed by atoms with E-state index in [0.29, 0.717) is 5.56 Å². The van der Waals surface area contributed by atoms with Crippen molar-refractivity contribution in [1.29, 1.82) is 5.41 Å². The van der Waals surface area contributed by atoms with Crippen molar-refractivity contribution in [3.05, 3.63) is 59.7 Å². The average Bonchev–Trinajstić information content (AvgIpc) is 2.88. The monoisotopic (exact) mass is 318 g/mol. The molecule has 2 aromatic carbocycles. The molecule has 6 heteroatoms. The molecule has 4 nitrogen and oxygen atoms in total. The minimum atomic E-state index is 0. The number of nitrogens with two attached hydrogens (primary N) is 1. The molecule has 0 aliphatic heterocycles. The number of hydrogen-bond acceptors (Lipinski definition) is 3. The number of amidine groups is 1. The molecule has 0 saturated heterocycles. The van der Waals surface area contributed by atoms with Crippen molar-refractivity contribution < 1.29 is 0 Å². The number of nitrogens with one attached hydrogen (secondary N) is 2. The van der Waals surface area contributed by atoms with E-state index in [2.05, 4.69) is 22.1 Å². The molecule has 0 amide bonds. The molecule has 0 spiro atoms. The molecule has 0 radical (unpaired) electrons. The summed E-state index contributed by atoms with van der Waals surface area (Å²) in [7, 11) is 0. The third-order valence-corrected chi connectivity index (χ3v) is 3.93. The van der Waals surface area contributed by atoms with Gasteiger partial charge in [-0.3, -0.25) is 5.41 Å². The molecule has 0 aliphatic carbocycles. The Balaban J connectivity index is 0.00000161. The van der Waals surface area contributed by atoms with Crippen molar-refractivity contribution in [3.63, 3.8) is 0 Å². The summed E-state index contributed by atoms with van der Waals surface area (Å²) in [6.07, 6.45) is 0. The van der Waals surface area contributed by atoms with Crippen molar-refractivity contribution in [2.45, 2.75) is 10.9 Å². The number of rotatable bonds is 4. The summed E-state index contributed by atoms with van der Waals surface area (Å²) in [5, 5.41) is 8.33. The summed E-state index contributed by atoms with van der Waals surface area (Å²) >= 11 is 1.66. The van der Waals surface area contributed by atoms with E-state index in [9.17, 15) is 0 Å². The van der Waals surface area contributed by atoms with Crippen LogP contribution in [0.15, 0.2) is 53.7 Å². The van der Waals surface area contributed by atoms with Crippen LogP contribution < -0.4 is 5.73 Å². The van der Waals surface area contributed by atoms with Gasteiger partial charge in [-0.15, -0.1) is 12.4 Å². The lowest BCUT2D eigenvalue weighted by atomic mass is 10.2. The Morgan fingerprint density at radius 1 is 1.19 bits per heavy atom. The van der Waals surface area contributed by atoms with E-state index >= 15 is 0 Å². The third kappa shape index (κ3) is 3.56. The van der Waals surface area contributed by atoms with Crippen LogP contribution in [-0.2, 0) is 5.75 Å². The van der Waals surface area contributed by atoms with Crippen molar-refractivity contribution in [3.8, 4) is 0 Å². The lowest BCUT2D eigenvalue weighted by Crippen LogP contribution is -2.10. The van der Waals surface area contributed by atoms with Crippen molar-refractivity contribution >= 4 is 41.0 Å². The molecule has 1 heterocycles. The largest absolute Gasteiger partial charge is 0.384 e. The van der Waals surface area contributed by atoms with E-state index < -0.39 is 0 Å². The highest BCUT2D eigenvalue weighted by atomic mass is 35.5. The van der Waals surface area contributed by atoms with Crippen LogP contribution in [-0.4, -0.2) is 15.8 Å². The van der Waals surface area contributed by atoms with Crippen LogP contribution in [0.5, 0.6) is 0 Å². The van der Waals surface area contributed by atoms with Crippen LogP contribution in [0.3, 0.4) is 0 Å². The Bertz CT molecular complexity index is 755. The first-order chi connectivity index (χ1) is 9.72. The van der Waals surface area contributed by atoms with E-state index in [1.54, 1.807) is 11.8 Å². The quantitative estimate of drug-likeness (QED) is 0.391. The third-order valence-electron chi connectivity index (χ3n) is 2.99. The minimum absolute atomic E-state index is 0. The number of halogens is 1. The van der Waals surface area contributed by atoms with Gasteiger partial charge in [-0.2, -0.15) is 0 Å². The number of aromatic amines is 1. The van der Waals surface area contributed by atoms with Gasteiger partial charge in [0, 0.05) is 11.3 Å². The molecule has 0 saturated carbocycles. The number of imidazole rings is 1. The number of hydrogen-bond donors (Lipinski definition) is 3. The topological polar surface area (TPSA) is 78.6 Å². The fraction of sp³-hybridized carbons (Fsp3) is 0.0667. The molecule has 3 aromatic rings. The van der Waals surface area contributed by atoms with Gasteiger partial charge in [0.15, 0.2) is 5.16 Å². The Kier molecular flexibility index (Phi) is 4.88. The number of nitrogens with zero attached hydrogens (tertiary/aromatic N) is 1. The molecule has 108 valence electrons. The lowest BCUT2D eigenvalue weighted by Gasteiger charge is -1.97. The second kappa shape index (κ2) is 6.65. The van der Waals surface area contributed by atoms with Gasteiger partial charge in [-0.25, -0.2) is 4.98 Å². The fourth-order valence-corrected chi connectivity index (χ4v) is 2.79. The molecule has 4 N–H and O–H groups in total. The maximum absolute atomic E-state index is 7.45. The number of thioether (sulfide) groups is 1. The van der Waals surface area contributed by atoms with E-state index in [1.165, 1.54) is 5.56 Å². The molecule has 0 aliphatic rings. The minimum Gasteiger partial charge on any atom is -0.384 e. The first-order valence-corrected chi connectivity index (χ1v) is 7.22. The summed E-state index contributed by atoms with van der Waals surface area (Å²) in [5.74, 6) is 0.945. The standard InChI is InChI=1S/C15H14N4S.ClH/c16-14(17)11-6-7-12-13(8-11)19-15(18-12)20-9-10-4-2-1-3-5-10;/h1-8H,9H2,(H3,16,17)(H,18,19);1H. The first kappa shape index (κ1) is 15.4. The molecule has 0 atom stereocenters. The van der Waals surface area contributed by atoms with Gasteiger partial charge in [-0.1, -0.05) is 42.1 Å². The second-order valence-corrected chi connectivity index (χ2v) is 5.43. The van der Waals surface area contributed by atoms with Crippen LogP contribution in [0.4, 0.5) is 0 Å². The van der Waals surface area contributed by atoms with Gasteiger partial charge >= 0.3 is 0 Å². The summed E-state index contributed by atoms with van der Waals surface area (Å²) in [6.45, 7) is 0. The van der Waals surface area contributed by atoms with Crippen molar-refractivity contribution in [2.75, 3.05) is 0 Å². The SMILES string of the molecule is Cl.N=C(N)c1ccc2nc(SCc3ccccc3)[nH]c2c1. The smallest absolute Gasteiger partial charge is 0.166 e. The van der Waals surface area contributed by atoms with E-state index in [0.717, 1.165) is 21.9 Å². The number of fused-ring (bicyclic) bond motifs is 1. The first-order valence-electron chi connectivity index (χ1n) is 6.23. The van der Waals surface area contributed by atoms with E-state index in [4.69, 9.17) is 11.1 Å². The van der Waals surface area contributed by atoms with Gasteiger partial charge in [-0.05, 0) is 23.8 Å². The van der Waals surface area contributed by atoms with Crippen LogP contribution in [0.1, 0.15) is 11.1 Å². The molecule has 21 heavy (non-hydrogen) atoms. The van der Waals surface area contributed by atoms with Crippen LogP contribution in [0.2, 0.25) is 0 Å². The van der Waals surface area contributed by atoms with Gasteiger partial charge in [0.25, 0.3) is 0 Å². The molecule has 0 unspecified atom stereocenters. The zero-order chi connectivity index (χ0) is 13.9. The highest BCUT2D eigenvalue weighted by molar-refractivity contribution is 7.98. The number of benzene rings is 2. The predicted octanol–water partition coefficient (Wildman–Crippen LogP) is 3.56. The molecule has 0 bridgehead atoms. The highest BCUT2D eigenvalue weighted by Crippen LogP contribution is 2.23. The summed E-state index contributed by atoms with van der Waals surface area (Å²) in [4.78, 5) is 7.79. The molecular formula is C15H15ClN4S. The number of aromatic nitrogens is 2. The van der Waals surface area contributed by atoms with Gasteiger partial charge in [0.05, 0.1) is 11.0 Å². The summed E-state index contributed by atoms with van der Waals surface area (Å²) in [6, 6.07) is 15.8. The van der Waals surface area contributed by atoms with Crippen molar-refractivity contribution in [1.82, 2.24) is 9.97 Å². The Hall–Kier alpha value is -1.98. The van der Waals surface area contributed by atoms with E-state index in [-0.39, 0.29) is 18.2 Å². The Morgan fingerprint density at radius 2 is 1.95 bits per heavy atom. The number of nitrogen functional groups attached to an aromatic ring is 1. The van der Waals surface area contributed by atoms with Gasteiger partial charge in [0.1, 0.15) is 5.84 Å². The van der Waals surface area contributed by atoms with Crippen LogP contribution >= 0.6 is 24.2 Å². The molecule has 0 fully saturated rings. The maximum atomic E-state index is 7.45. The zero-order valence-corrected chi connectivity index (χ0v) is 12.8. The van der Waals surface area contributed by atoms with E-state index in [1.807, 2.05) is 36.4 Å². The lowest BCUT2D eigenvalue weighted by molar-refractivity contribution is 1.08. The fourth-order valence-electron chi connectivity index (χ4n) is 1.95. The summed E-state index contributed by atoms with van der Waals surface area (Å²) in [5.41, 5.74) is 9.27.